The van der Waals surface area contributed by atoms with E-state index in [0.717, 1.165) is 19.0 Å². The zero-order valence-electron chi connectivity index (χ0n) is 13.2. The third kappa shape index (κ3) is 4.09. The fraction of sp³-hybridized carbons (Fsp3) is 0.375. The minimum Gasteiger partial charge on any atom is -0.440 e. The minimum absolute atomic E-state index is 0.0577. The summed E-state index contributed by atoms with van der Waals surface area (Å²) in [6.45, 7) is 2.05. The summed E-state index contributed by atoms with van der Waals surface area (Å²) >= 11 is 0. The van der Waals surface area contributed by atoms with Crippen molar-refractivity contribution in [1.29, 1.82) is 0 Å². The van der Waals surface area contributed by atoms with E-state index in [-0.39, 0.29) is 5.69 Å². The van der Waals surface area contributed by atoms with Gasteiger partial charge in [0.05, 0.1) is 11.1 Å². The molecule has 1 N–H and O–H groups in total. The van der Waals surface area contributed by atoms with Gasteiger partial charge in [-0.3, -0.25) is 15.5 Å². The Morgan fingerprint density at radius 2 is 2.00 bits per heavy atom. The van der Waals surface area contributed by atoms with Crippen LogP contribution in [0.1, 0.15) is 31.4 Å². The second-order valence-electron chi connectivity index (χ2n) is 5.61. The maximum atomic E-state index is 10.6. The SMILES string of the molecule is O=[N+]([O-])c1ccc(N/N=C/c2ccc(N3CCCCCC3)o2)nc1. The first kappa shape index (κ1) is 16.0. The van der Waals surface area contributed by atoms with Gasteiger partial charge in [0.15, 0.2) is 5.88 Å². The highest BCUT2D eigenvalue weighted by atomic mass is 16.6. The van der Waals surface area contributed by atoms with E-state index < -0.39 is 4.92 Å². The number of hydrazone groups is 1. The van der Waals surface area contributed by atoms with E-state index in [2.05, 4.69) is 20.4 Å². The summed E-state index contributed by atoms with van der Waals surface area (Å²) in [5.41, 5.74) is 2.66. The lowest BCUT2D eigenvalue weighted by atomic mass is 10.2. The zero-order chi connectivity index (χ0) is 16.8. The molecule has 1 saturated heterocycles. The van der Waals surface area contributed by atoms with Gasteiger partial charge in [0.1, 0.15) is 17.8 Å². The summed E-state index contributed by atoms with van der Waals surface area (Å²) in [5, 5.41) is 14.6. The molecule has 8 nitrogen and oxygen atoms in total. The van der Waals surface area contributed by atoms with Gasteiger partial charge >= 0.3 is 0 Å². The van der Waals surface area contributed by atoms with Crippen molar-refractivity contribution in [2.24, 2.45) is 5.10 Å². The summed E-state index contributed by atoms with van der Waals surface area (Å²) in [7, 11) is 0. The van der Waals surface area contributed by atoms with Gasteiger partial charge in [0, 0.05) is 25.2 Å². The minimum atomic E-state index is -0.493. The van der Waals surface area contributed by atoms with Crippen molar-refractivity contribution >= 4 is 23.6 Å². The van der Waals surface area contributed by atoms with Crippen molar-refractivity contribution in [3.63, 3.8) is 0 Å². The highest BCUT2D eigenvalue weighted by Crippen LogP contribution is 2.21. The summed E-state index contributed by atoms with van der Waals surface area (Å²) in [5.74, 6) is 1.94. The average molecular weight is 329 g/mol. The van der Waals surface area contributed by atoms with E-state index in [1.165, 1.54) is 44.0 Å². The summed E-state index contributed by atoms with van der Waals surface area (Å²) in [6.07, 6.45) is 7.68. The molecule has 0 spiro atoms. The predicted octanol–water partition coefficient (Wildman–Crippen LogP) is 3.41. The number of furan rings is 1. The fourth-order valence-electron chi connectivity index (χ4n) is 2.59. The molecule has 0 aliphatic carbocycles. The molecule has 3 heterocycles. The quantitative estimate of drug-likeness (QED) is 0.513. The maximum Gasteiger partial charge on any atom is 0.287 e. The Bertz CT molecular complexity index is 703. The van der Waals surface area contributed by atoms with Crippen molar-refractivity contribution in [2.75, 3.05) is 23.4 Å². The predicted molar refractivity (Wildman–Crippen MR) is 91.5 cm³/mol. The molecule has 3 rings (SSSR count). The summed E-state index contributed by atoms with van der Waals surface area (Å²) < 4.78 is 5.79. The van der Waals surface area contributed by atoms with E-state index in [1.54, 1.807) is 6.21 Å². The van der Waals surface area contributed by atoms with E-state index >= 15 is 0 Å². The van der Waals surface area contributed by atoms with E-state index in [1.807, 2.05) is 12.1 Å². The number of pyridine rings is 1. The van der Waals surface area contributed by atoms with Crippen molar-refractivity contribution in [2.45, 2.75) is 25.7 Å². The van der Waals surface area contributed by atoms with Crippen LogP contribution in [-0.4, -0.2) is 29.2 Å². The van der Waals surface area contributed by atoms with Crippen LogP contribution >= 0.6 is 0 Å². The van der Waals surface area contributed by atoms with Gasteiger partial charge in [-0.1, -0.05) is 12.8 Å². The zero-order valence-corrected chi connectivity index (χ0v) is 13.2. The monoisotopic (exact) mass is 329 g/mol. The molecule has 0 radical (unpaired) electrons. The van der Waals surface area contributed by atoms with Gasteiger partial charge < -0.3 is 9.32 Å². The lowest BCUT2D eigenvalue weighted by molar-refractivity contribution is -0.385. The largest absolute Gasteiger partial charge is 0.440 e. The summed E-state index contributed by atoms with van der Waals surface area (Å²) in [6, 6.07) is 6.70. The number of nitro groups is 1. The maximum absolute atomic E-state index is 10.6. The topological polar surface area (TPSA) is 96.8 Å². The molecule has 126 valence electrons. The molecule has 0 bridgehead atoms. The van der Waals surface area contributed by atoms with Gasteiger partial charge in [-0.2, -0.15) is 5.10 Å². The molecule has 1 fully saturated rings. The van der Waals surface area contributed by atoms with Crippen molar-refractivity contribution in [3.05, 3.63) is 46.3 Å². The normalized spacial score (nSPS) is 15.4. The Labute approximate surface area is 139 Å². The standard InChI is InChI=1S/C16H19N5O3/c22-21(23)13-5-7-15(17-11-13)19-18-12-14-6-8-16(24-14)20-9-3-1-2-4-10-20/h5-8,11-12H,1-4,9-10H2,(H,17,19)/b18-12+. The highest BCUT2D eigenvalue weighted by molar-refractivity contribution is 5.77. The van der Waals surface area contributed by atoms with E-state index in [4.69, 9.17) is 4.42 Å². The molecule has 8 heteroatoms. The van der Waals surface area contributed by atoms with Crippen LogP contribution in [0.3, 0.4) is 0 Å². The van der Waals surface area contributed by atoms with Crippen molar-refractivity contribution < 1.29 is 9.34 Å². The molecule has 0 atom stereocenters. The molecule has 0 saturated carbocycles. The smallest absolute Gasteiger partial charge is 0.287 e. The van der Waals surface area contributed by atoms with Crippen molar-refractivity contribution in [3.8, 4) is 0 Å². The van der Waals surface area contributed by atoms with Crippen LogP contribution in [-0.2, 0) is 0 Å². The number of hydrogen-bond acceptors (Lipinski definition) is 7. The van der Waals surface area contributed by atoms with Crippen LogP contribution < -0.4 is 10.3 Å². The fourth-order valence-corrected chi connectivity index (χ4v) is 2.59. The number of nitrogens with one attached hydrogen (secondary N) is 1. The Balaban J connectivity index is 1.57. The lowest BCUT2D eigenvalue weighted by Crippen LogP contribution is -2.23. The van der Waals surface area contributed by atoms with Crippen LogP contribution in [0.4, 0.5) is 17.4 Å². The number of rotatable bonds is 5. The first-order chi connectivity index (χ1) is 11.7. The average Bonchev–Trinajstić information content (AvgIpc) is 2.89. The molecule has 1 aliphatic heterocycles. The first-order valence-corrected chi connectivity index (χ1v) is 7.97. The summed E-state index contributed by atoms with van der Waals surface area (Å²) in [4.78, 5) is 16.2. The molecule has 2 aromatic rings. The van der Waals surface area contributed by atoms with Crippen LogP contribution in [0.2, 0.25) is 0 Å². The molecular weight excluding hydrogens is 310 g/mol. The van der Waals surface area contributed by atoms with Gasteiger partial charge in [-0.05, 0) is 25.0 Å². The molecule has 1 aliphatic rings. The molecule has 0 aromatic carbocycles. The lowest BCUT2D eigenvalue weighted by Gasteiger charge is -2.18. The van der Waals surface area contributed by atoms with Gasteiger partial charge in [-0.25, -0.2) is 4.98 Å². The molecule has 0 unspecified atom stereocenters. The highest BCUT2D eigenvalue weighted by Gasteiger charge is 2.12. The van der Waals surface area contributed by atoms with Crippen LogP contribution in [0.15, 0.2) is 40.0 Å². The molecule has 24 heavy (non-hydrogen) atoms. The third-order valence-electron chi connectivity index (χ3n) is 3.86. The molecule has 2 aromatic heterocycles. The molecular formula is C16H19N5O3. The number of aromatic nitrogens is 1. The third-order valence-corrected chi connectivity index (χ3v) is 3.86. The Kier molecular flexibility index (Phi) is 5.05. The Morgan fingerprint density at radius 3 is 2.67 bits per heavy atom. The van der Waals surface area contributed by atoms with Gasteiger partial charge in [-0.15, -0.1) is 0 Å². The Hall–Kier alpha value is -2.90. The van der Waals surface area contributed by atoms with E-state index in [9.17, 15) is 10.1 Å². The Morgan fingerprint density at radius 1 is 1.21 bits per heavy atom. The second kappa shape index (κ2) is 7.58. The second-order valence-corrected chi connectivity index (χ2v) is 5.61. The van der Waals surface area contributed by atoms with Gasteiger partial charge in [0.25, 0.3) is 5.69 Å². The number of hydrogen-bond donors (Lipinski definition) is 1. The first-order valence-electron chi connectivity index (χ1n) is 7.97. The number of anilines is 2. The van der Waals surface area contributed by atoms with Gasteiger partial charge in [0.2, 0.25) is 0 Å². The van der Waals surface area contributed by atoms with Crippen molar-refractivity contribution in [1.82, 2.24) is 4.98 Å². The van der Waals surface area contributed by atoms with Crippen LogP contribution in [0, 0.1) is 10.1 Å². The van der Waals surface area contributed by atoms with Crippen LogP contribution in [0.25, 0.3) is 0 Å². The van der Waals surface area contributed by atoms with E-state index in [0.29, 0.717) is 11.6 Å². The van der Waals surface area contributed by atoms with Crippen LogP contribution in [0.5, 0.6) is 0 Å². The molecule has 0 amide bonds. The number of nitrogens with zero attached hydrogens (tertiary/aromatic N) is 4.